The van der Waals surface area contributed by atoms with Crippen molar-refractivity contribution in [3.05, 3.63) is 207 Å². The first-order chi connectivity index (χ1) is 26.1. The lowest BCUT2D eigenvalue weighted by atomic mass is 9.62. The zero-order valence-electron chi connectivity index (χ0n) is 29.7. The lowest BCUT2D eigenvalue weighted by Gasteiger charge is -2.44. The molecule has 0 fully saturated rings. The van der Waals surface area contributed by atoms with Gasteiger partial charge in [-0.1, -0.05) is 121 Å². The number of rotatable bonds is 4. The van der Waals surface area contributed by atoms with E-state index in [0.29, 0.717) is 5.56 Å². The molecule has 2 N–H and O–H groups in total. The Kier molecular flexibility index (Phi) is 7.46. The zero-order valence-corrected chi connectivity index (χ0v) is 29.7. The number of nitrogens with zero attached hydrogens (tertiary/aromatic N) is 1. The molecule has 5 aromatic carbocycles. The number of benzene rings is 5. The fourth-order valence-electron chi connectivity index (χ4n) is 9.36. The van der Waals surface area contributed by atoms with E-state index in [1.165, 1.54) is 61.4 Å². The molecule has 4 nitrogen and oxygen atoms in total. The Morgan fingerprint density at radius 2 is 1.40 bits per heavy atom. The van der Waals surface area contributed by atoms with E-state index in [-0.39, 0.29) is 12.2 Å². The predicted molar refractivity (Wildman–Crippen MR) is 212 cm³/mol. The minimum absolute atomic E-state index is 0.0215. The van der Waals surface area contributed by atoms with Gasteiger partial charge in [0.1, 0.15) is 17.7 Å². The van der Waals surface area contributed by atoms with Crippen LogP contribution in [0.25, 0.3) is 28.0 Å². The van der Waals surface area contributed by atoms with Gasteiger partial charge in [-0.2, -0.15) is 5.26 Å². The number of nitriles is 1. The quantitative estimate of drug-likeness (QED) is 0.198. The van der Waals surface area contributed by atoms with Gasteiger partial charge in [-0.25, -0.2) is 0 Å². The molecule has 3 aliphatic carbocycles. The Labute approximate surface area is 311 Å². The van der Waals surface area contributed by atoms with Crippen LogP contribution in [0.15, 0.2) is 174 Å². The second kappa shape index (κ2) is 12.5. The largest absolute Gasteiger partial charge is 0.461 e. The Bertz CT molecular complexity index is 2490. The van der Waals surface area contributed by atoms with Crippen LogP contribution in [0.4, 0.5) is 0 Å². The first-order valence-corrected chi connectivity index (χ1v) is 18.8. The van der Waals surface area contributed by atoms with Gasteiger partial charge in [-0.15, -0.1) is 0 Å². The topological polar surface area (TPSA) is 57.1 Å². The maximum absolute atomic E-state index is 9.50. The van der Waals surface area contributed by atoms with Gasteiger partial charge in [0.25, 0.3) is 0 Å². The second-order valence-corrected chi connectivity index (χ2v) is 14.7. The van der Waals surface area contributed by atoms with E-state index in [4.69, 9.17) is 4.74 Å². The van der Waals surface area contributed by atoms with Crippen LogP contribution in [0, 0.1) is 11.3 Å². The van der Waals surface area contributed by atoms with Crippen LogP contribution in [-0.4, -0.2) is 0 Å². The van der Waals surface area contributed by atoms with Crippen molar-refractivity contribution in [3.63, 3.8) is 0 Å². The molecule has 0 bridgehead atoms. The third-order valence-electron chi connectivity index (χ3n) is 11.8. The van der Waals surface area contributed by atoms with Gasteiger partial charge in [-0.3, -0.25) is 5.32 Å². The van der Waals surface area contributed by atoms with Crippen molar-refractivity contribution in [2.75, 3.05) is 0 Å². The Hall–Kier alpha value is -6.15. The van der Waals surface area contributed by atoms with Gasteiger partial charge >= 0.3 is 0 Å². The molecule has 3 atom stereocenters. The molecule has 5 aromatic rings. The molecule has 0 saturated heterocycles. The Morgan fingerprint density at radius 3 is 2.19 bits per heavy atom. The van der Waals surface area contributed by atoms with Gasteiger partial charge in [-0.05, 0) is 112 Å². The van der Waals surface area contributed by atoms with E-state index in [2.05, 4.69) is 157 Å². The molecular formula is C49H39N3O. The fourth-order valence-corrected chi connectivity index (χ4v) is 9.36. The van der Waals surface area contributed by atoms with E-state index < -0.39 is 5.41 Å². The molecule has 2 aliphatic heterocycles. The number of hydrogen-bond donors (Lipinski definition) is 2. The summed E-state index contributed by atoms with van der Waals surface area (Å²) in [4.78, 5) is 0. The molecule has 5 aliphatic rings. The van der Waals surface area contributed by atoms with Gasteiger partial charge in [0.2, 0.25) is 0 Å². The minimum atomic E-state index is -0.487. The van der Waals surface area contributed by atoms with Crippen LogP contribution >= 0.6 is 0 Å². The highest BCUT2D eigenvalue weighted by Gasteiger charge is 2.53. The van der Waals surface area contributed by atoms with Crippen molar-refractivity contribution in [1.29, 1.82) is 5.26 Å². The molecule has 0 saturated carbocycles. The fraction of sp³-hybridized carbons (Fsp3) is 0.163. The molecule has 256 valence electrons. The molecule has 10 rings (SSSR count). The standard InChI is InChI=1S/C49H39N3O/c1-31-46(34-12-4-2-5-13-34)51-48(35-14-6-3-7-15-35)52-47(31)37-25-27-39-38-26-24-36(33-22-20-32(30-50)21-23-33)28-42(38)49(43(39)29-37)40-16-8-10-18-44(40)53-45-19-11-9-17-41(45)49/h2-8,11-16,19-29,47-48,51-52H,9-10,17-18H2,1H3. The smallest absolute Gasteiger partial charge is 0.127 e. The first kappa shape index (κ1) is 31.6. The third-order valence-corrected chi connectivity index (χ3v) is 11.8. The first-order valence-electron chi connectivity index (χ1n) is 18.8. The molecule has 2 heterocycles. The van der Waals surface area contributed by atoms with E-state index in [9.17, 15) is 5.26 Å². The van der Waals surface area contributed by atoms with E-state index in [1.807, 2.05) is 12.1 Å². The molecule has 4 heteroatoms. The highest BCUT2D eigenvalue weighted by molar-refractivity contribution is 5.90. The van der Waals surface area contributed by atoms with Crippen LogP contribution in [-0.2, 0) is 10.2 Å². The van der Waals surface area contributed by atoms with E-state index in [0.717, 1.165) is 48.3 Å². The summed E-state index contributed by atoms with van der Waals surface area (Å²) in [5.74, 6) is 2.09. The van der Waals surface area contributed by atoms with Crippen molar-refractivity contribution in [1.82, 2.24) is 10.6 Å². The van der Waals surface area contributed by atoms with Crippen LogP contribution in [0.1, 0.15) is 78.2 Å². The van der Waals surface area contributed by atoms with Crippen molar-refractivity contribution < 1.29 is 4.74 Å². The highest BCUT2D eigenvalue weighted by atomic mass is 16.5. The normalized spacial score (nSPS) is 22.4. The van der Waals surface area contributed by atoms with Gasteiger partial charge < -0.3 is 10.1 Å². The third kappa shape index (κ3) is 4.92. The van der Waals surface area contributed by atoms with Crippen molar-refractivity contribution in [3.8, 4) is 28.3 Å². The summed E-state index contributed by atoms with van der Waals surface area (Å²) in [6.45, 7) is 2.27. The number of allylic oxidation sites excluding steroid dienone is 7. The lowest BCUT2D eigenvalue weighted by molar-refractivity contribution is 0.267. The molecule has 0 amide bonds. The molecule has 0 aromatic heterocycles. The Balaban J connectivity index is 1.20. The van der Waals surface area contributed by atoms with Crippen LogP contribution < -0.4 is 10.6 Å². The Morgan fingerprint density at radius 1 is 0.698 bits per heavy atom. The summed E-state index contributed by atoms with van der Waals surface area (Å²) >= 11 is 0. The average Bonchev–Trinajstić information content (AvgIpc) is 3.51. The van der Waals surface area contributed by atoms with Gasteiger partial charge in [0.15, 0.2) is 0 Å². The summed E-state index contributed by atoms with van der Waals surface area (Å²) < 4.78 is 6.80. The number of ether oxygens (including phenoxy) is 1. The minimum Gasteiger partial charge on any atom is -0.461 e. The monoisotopic (exact) mass is 685 g/mol. The van der Waals surface area contributed by atoms with E-state index in [1.54, 1.807) is 0 Å². The maximum atomic E-state index is 9.50. The number of hydrogen-bond acceptors (Lipinski definition) is 4. The second-order valence-electron chi connectivity index (χ2n) is 14.7. The van der Waals surface area contributed by atoms with Crippen LogP contribution in [0.5, 0.6) is 0 Å². The van der Waals surface area contributed by atoms with E-state index >= 15 is 0 Å². The SMILES string of the molecule is CC1=C(c2ccccc2)NC(c2ccccc2)NC1c1ccc2c(c1)C1(C3=C(CCC=C3)OC3=C1CCC=C3)c1cc(-c3ccc(C#N)cc3)ccc1-2. The maximum Gasteiger partial charge on any atom is 0.127 e. The molecule has 0 radical (unpaired) electrons. The lowest BCUT2D eigenvalue weighted by Crippen LogP contribution is -2.42. The average molecular weight is 686 g/mol. The number of nitrogens with one attached hydrogen (secondary N) is 2. The van der Waals surface area contributed by atoms with Crippen molar-refractivity contribution in [2.45, 2.75) is 50.2 Å². The van der Waals surface area contributed by atoms with Crippen LogP contribution in [0.3, 0.4) is 0 Å². The molecule has 53 heavy (non-hydrogen) atoms. The van der Waals surface area contributed by atoms with Crippen LogP contribution in [0.2, 0.25) is 0 Å². The summed E-state index contributed by atoms with van der Waals surface area (Å²) in [6, 6.07) is 45.9. The molecule has 1 spiro atoms. The summed E-state index contributed by atoms with van der Waals surface area (Å²) in [6.07, 6.45) is 12.9. The summed E-state index contributed by atoms with van der Waals surface area (Å²) in [7, 11) is 0. The summed E-state index contributed by atoms with van der Waals surface area (Å²) in [5.41, 5.74) is 16.3. The molecule has 3 unspecified atom stereocenters. The zero-order chi connectivity index (χ0) is 35.5. The van der Waals surface area contributed by atoms with Crippen molar-refractivity contribution >= 4 is 5.70 Å². The van der Waals surface area contributed by atoms with Gasteiger partial charge in [0.05, 0.1) is 23.1 Å². The van der Waals surface area contributed by atoms with Gasteiger partial charge in [0, 0.05) is 17.7 Å². The number of fused-ring (bicyclic) bond motifs is 7. The highest BCUT2D eigenvalue weighted by Crippen LogP contribution is 2.63. The van der Waals surface area contributed by atoms with Crippen molar-refractivity contribution in [2.24, 2.45) is 0 Å². The summed E-state index contributed by atoms with van der Waals surface area (Å²) in [5, 5.41) is 17.4. The predicted octanol–water partition coefficient (Wildman–Crippen LogP) is 11.1. The molecular weight excluding hydrogens is 647 g/mol.